The quantitative estimate of drug-likeness (QED) is 0.678. The third-order valence-corrected chi connectivity index (χ3v) is 3.91. The Hall–Kier alpha value is -2.11. The summed E-state index contributed by atoms with van der Waals surface area (Å²) in [5.41, 5.74) is 0.363. The Bertz CT molecular complexity index is 524. The van der Waals surface area contributed by atoms with Crippen LogP contribution in [0.4, 0.5) is 11.4 Å². The summed E-state index contributed by atoms with van der Waals surface area (Å²) >= 11 is 0. The molecule has 0 unspecified atom stereocenters. The molecule has 1 aromatic carbocycles. The fourth-order valence-electron chi connectivity index (χ4n) is 2.76. The molecular formula is C14H19N3O3. The van der Waals surface area contributed by atoms with Crippen LogP contribution >= 0.6 is 0 Å². The van der Waals surface area contributed by atoms with E-state index in [2.05, 4.69) is 5.32 Å². The van der Waals surface area contributed by atoms with Crippen LogP contribution < -0.4 is 5.32 Å². The SMILES string of the molecule is CNc1cccc(C(=O)N(C)C2CCCC2)c1[N+](=O)[O-]. The van der Waals surface area contributed by atoms with Gasteiger partial charge in [0.25, 0.3) is 5.91 Å². The number of carbonyl (C=O) groups excluding carboxylic acids is 1. The summed E-state index contributed by atoms with van der Waals surface area (Å²) < 4.78 is 0. The predicted octanol–water partition coefficient (Wildman–Crippen LogP) is 2.65. The van der Waals surface area contributed by atoms with E-state index >= 15 is 0 Å². The summed E-state index contributed by atoms with van der Waals surface area (Å²) in [6, 6.07) is 4.98. The monoisotopic (exact) mass is 277 g/mol. The topological polar surface area (TPSA) is 75.5 Å². The molecule has 1 saturated carbocycles. The lowest BCUT2D eigenvalue weighted by Gasteiger charge is -2.24. The van der Waals surface area contributed by atoms with Crippen LogP contribution in [-0.4, -0.2) is 35.9 Å². The van der Waals surface area contributed by atoms with E-state index in [4.69, 9.17) is 0 Å². The first-order valence-corrected chi connectivity index (χ1v) is 6.78. The number of anilines is 1. The highest BCUT2D eigenvalue weighted by Gasteiger charge is 2.30. The van der Waals surface area contributed by atoms with Crippen LogP contribution in [0.2, 0.25) is 0 Å². The molecule has 20 heavy (non-hydrogen) atoms. The van der Waals surface area contributed by atoms with Gasteiger partial charge in [-0.05, 0) is 25.0 Å². The molecule has 1 aromatic rings. The van der Waals surface area contributed by atoms with Crippen molar-refractivity contribution in [1.82, 2.24) is 4.90 Å². The molecule has 108 valence electrons. The first-order chi connectivity index (χ1) is 9.56. The van der Waals surface area contributed by atoms with E-state index in [1.165, 1.54) is 6.07 Å². The molecular weight excluding hydrogens is 258 g/mol. The van der Waals surface area contributed by atoms with Gasteiger partial charge in [-0.15, -0.1) is 0 Å². The molecule has 0 aromatic heterocycles. The molecule has 0 heterocycles. The molecule has 1 amide bonds. The number of nitrogens with zero attached hydrogens (tertiary/aromatic N) is 2. The lowest BCUT2D eigenvalue weighted by molar-refractivity contribution is -0.384. The minimum atomic E-state index is -0.498. The third-order valence-electron chi connectivity index (χ3n) is 3.91. The van der Waals surface area contributed by atoms with E-state index in [1.54, 1.807) is 31.1 Å². The first kappa shape index (κ1) is 14.3. The van der Waals surface area contributed by atoms with Gasteiger partial charge < -0.3 is 10.2 Å². The third kappa shape index (κ3) is 2.59. The maximum absolute atomic E-state index is 12.5. The fourth-order valence-corrected chi connectivity index (χ4v) is 2.76. The molecule has 0 aliphatic heterocycles. The summed E-state index contributed by atoms with van der Waals surface area (Å²) in [4.78, 5) is 24.9. The lowest BCUT2D eigenvalue weighted by Crippen LogP contribution is -2.35. The fraction of sp³-hybridized carbons (Fsp3) is 0.500. The number of hydrogen-bond donors (Lipinski definition) is 1. The van der Waals surface area contributed by atoms with Gasteiger partial charge in [0.1, 0.15) is 11.3 Å². The average molecular weight is 277 g/mol. The zero-order valence-corrected chi connectivity index (χ0v) is 11.8. The van der Waals surface area contributed by atoms with Crippen LogP contribution in [0.25, 0.3) is 0 Å². The van der Waals surface area contributed by atoms with Crippen molar-refractivity contribution in [2.45, 2.75) is 31.7 Å². The van der Waals surface area contributed by atoms with Crippen molar-refractivity contribution in [2.24, 2.45) is 0 Å². The van der Waals surface area contributed by atoms with Crippen molar-refractivity contribution >= 4 is 17.3 Å². The molecule has 6 heteroatoms. The van der Waals surface area contributed by atoms with Crippen LogP contribution in [-0.2, 0) is 0 Å². The summed E-state index contributed by atoms with van der Waals surface area (Å²) in [5, 5.41) is 14.0. The maximum atomic E-state index is 12.5. The van der Waals surface area contributed by atoms with Crippen molar-refractivity contribution in [1.29, 1.82) is 0 Å². The molecule has 1 fully saturated rings. The van der Waals surface area contributed by atoms with Gasteiger partial charge in [-0.1, -0.05) is 18.9 Å². The number of para-hydroxylation sites is 1. The Morgan fingerprint density at radius 1 is 1.40 bits per heavy atom. The Kier molecular flexibility index (Phi) is 4.22. The minimum Gasteiger partial charge on any atom is -0.383 e. The van der Waals surface area contributed by atoms with Crippen molar-refractivity contribution < 1.29 is 9.72 Å². The second kappa shape index (κ2) is 5.90. The van der Waals surface area contributed by atoms with Gasteiger partial charge >= 0.3 is 5.69 Å². The standard InChI is InChI=1S/C14H19N3O3/c1-15-12-9-5-8-11(13(12)17(19)20)14(18)16(2)10-6-3-4-7-10/h5,8-10,15H,3-4,6-7H2,1-2H3. The molecule has 6 nitrogen and oxygen atoms in total. The van der Waals surface area contributed by atoms with Crippen LogP contribution in [0.1, 0.15) is 36.0 Å². The molecule has 0 bridgehead atoms. The number of nitro groups is 1. The van der Waals surface area contributed by atoms with Gasteiger partial charge in [0, 0.05) is 20.1 Å². The molecule has 0 spiro atoms. The smallest absolute Gasteiger partial charge is 0.305 e. The van der Waals surface area contributed by atoms with E-state index in [0.29, 0.717) is 5.69 Å². The van der Waals surface area contributed by atoms with Gasteiger partial charge in [-0.2, -0.15) is 0 Å². The number of amides is 1. The summed E-state index contributed by atoms with van der Waals surface area (Å²) in [7, 11) is 3.34. The van der Waals surface area contributed by atoms with Crippen molar-refractivity contribution in [3.05, 3.63) is 33.9 Å². The van der Waals surface area contributed by atoms with E-state index in [0.717, 1.165) is 25.7 Å². The van der Waals surface area contributed by atoms with Gasteiger partial charge in [0.15, 0.2) is 0 Å². The zero-order chi connectivity index (χ0) is 14.7. The molecule has 1 aliphatic carbocycles. The number of hydrogen-bond acceptors (Lipinski definition) is 4. The molecule has 1 N–H and O–H groups in total. The normalized spacial score (nSPS) is 15.1. The second-order valence-corrected chi connectivity index (χ2v) is 5.06. The van der Waals surface area contributed by atoms with E-state index in [1.807, 2.05) is 0 Å². The molecule has 0 radical (unpaired) electrons. The minimum absolute atomic E-state index is 0.148. The van der Waals surface area contributed by atoms with Crippen LogP contribution in [0, 0.1) is 10.1 Å². The van der Waals surface area contributed by atoms with Crippen LogP contribution in [0.5, 0.6) is 0 Å². The molecule has 1 aliphatic rings. The second-order valence-electron chi connectivity index (χ2n) is 5.06. The average Bonchev–Trinajstić information content (AvgIpc) is 2.98. The first-order valence-electron chi connectivity index (χ1n) is 6.78. The van der Waals surface area contributed by atoms with E-state index in [-0.39, 0.29) is 23.2 Å². The predicted molar refractivity (Wildman–Crippen MR) is 77.0 cm³/mol. The van der Waals surface area contributed by atoms with Crippen molar-refractivity contribution in [3.63, 3.8) is 0 Å². The highest BCUT2D eigenvalue weighted by molar-refractivity contribution is 6.00. The van der Waals surface area contributed by atoms with E-state index < -0.39 is 4.92 Å². The summed E-state index contributed by atoms with van der Waals surface area (Å²) in [5.74, 6) is -0.277. The number of rotatable bonds is 4. The number of nitrogens with one attached hydrogen (secondary N) is 1. The Morgan fingerprint density at radius 3 is 2.60 bits per heavy atom. The van der Waals surface area contributed by atoms with Gasteiger partial charge in [0.05, 0.1) is 4.92 Å². The summed E-state index contributed by atoms with van der Waals surface area (Å²) in [6.07, 6.45) is 4.17. The molecule has 0 saturated heterocycles. The molecule has 2 rings (SSSR count). The van der Waals surface area contributed by atoms with Gasteiger partial charge in [-0.25, -0.2) is 0 Å². The Morgan fingerprint density at radius 2 is 2.05 bits per heavy atom. The lowest BCUT2D eigenvalue weighted by atomic mass is 10.1. The number of carbonyl (C=O) groups is 1. The van der Waals surface area contributed by atoms with Crippen LogP contribution in [0.3, 0.4) is 0 Å². The maximum Gasteiger partial charge on any atom is 0.305 e. The molecule has 0 atom stereocenters. The largest absolute Gasteiger partial charge is 0.383 e. The van der Waals surface area contributed by atoms with Crippen molar-refractivity contribution in [3.8, 4) is 0 Å². The van der Waals surface area contributed by atoms with Gasteiger partial charge in [0.2, 0.25) is 0 Å². The van der Waals surface area contributed by atoms with Crippen LogP contribution in [0.15, 0.2) is 18.2 Å². The van der Waals surface area contributed by atoms with E-state index in [9.17, 15) is 14.9 Å². The number of benzene rings is 1. The highest BCUT2D eigenvalue weighted by Crippen LogP contribution is 2.31. The van der Waals surface area contributed by atoms with Gasteiger partial charge in [-0.3, -0.25) is 14.9 Å². The number of nitro benzene ring substituents is 1. The highest BCUT2D eigenvalue weighted by atomic mass is 16.6. The summed E-state index contributed by atoms with van der Waals surface area (Å²) in [6.45, 7) is 0. The Labute approximate surface area is 117 Å². The zero-order valence-electron chi connectivity index (χ0n) is 11.8. The Balaban J connectivity index is 2.36. The van der Waals surface area contributed by atoms with Crippen molar-refractivity contribution in [2.75, 3.05) is 19.4 Å².